The summed E-state index contributed by atoms with van der Waals surface area (Å²) < 4.78 is 5.30. The summed E-state index contributed by atoms with van der Waals surface area (Å²) in [5.41, 5.74) is 0. The molecule has 2 aliphatic heterocycles. The molecule has 0 aliphatic carbocycles. The Morgan fingerprint density at radius 1 is 1.50 bits per heavy atom. The highest BCUT2D eigenvalue weighted by molar-refractivity contribution is 4.92. The molecule has 3 nitrogen and oxygen atoms in total. The van der Waals surface area contributed by atoms with Crippen molar-refractivity contribution in [2.75, 3.05) is 33.3 Å². The number of methoxy groups -OCH3 is 1. The Morgan fingerprint density at radius 2 is 2.36 bits per heavy atom. The van der Waals surface area contributed by atoms with E-state index in [0.29, 0.717) is 6.10 Å². The molecule has 2 fully saturated rings. The van der Waals surface area contributed by atoms with Gasteiger partial charge in [0.2, 0.25) is 0 Å². The van der Waals surface area contributed by atoms with Crippen LogP contribution in [0.25, 0.3) is 0 Å². The van der Waals surface area contributed by atoms with E-state index in [-0.39, 0.29) is 0 Å². The Morgan fingerprint density at radius 3 is 3.07 bits per heavy atom. The third-order valence-corrected chi connectivity index (χ3v) is 3.59. The average molecular weight is 198 g/mol. The number of ether oxygens (including phenoxy) is 1. The standard InChI is InChI=1S/C11H22N2O/c1-9(14-2)6-13-7-10-4-3-5-12-11(10)8-13/h9-12H,3-8H2,1-2H3/t9?,10-,11+/m0/s1. The first-order valence-corrected chi connectivity index (χ1v) is 5.78. The van der Waals surface area contributed by atoms with Gasteiger partial charge in [-0.1, -0.05) is 0 Å². The molecule has 0 saturated carbocycles. The number of fused-ring (bicyclic) bond motifs is 1. The van der Waals surface area contributed by atoms with Crippen LogP contribution in [-0.4, -0.2) is 50.3 Å². The predicted octanol–water partition coefficient (Wildman–Crippen LogP) is 0.705. The Labute approximate surface area is 86.8 Å². The number of piperidine rings is 1. The number of likely N-dealkylation sites (tertiary alicyclic amines) is 1. The molecule has 1 N–H and O–H groups in total. The molecule has 0 aromatic heterocycles. The molecule has 3 atom stereocenters. The Bertz CT molecular complexity index is 172. The monoisotopic (exact) mass is 198 g/mol. The van der Waals surface area contributed by atoms with E-state index < -0.39 is 0 Å². The van der Waals surface area contributed by atoms with Crippen molar-refractivity contribution in [3.05, 3.63) is 0 Å². The summed E-state index contributed by atoms with van der Waals surface area (Å²) in [5, 5.41) is 3.62. The van der Waals surface area contributed by atoms with E-state index in [9.17, 15) is 0 Å². The van der Waals surface area contributed by atoms with Gasteiger partial charge in [-0.15, -0.1) is 0 Å². The van der Waals surface area contributed by atoms with Crippen LogP contribution in [0.5, 0.6) is 0 Å². The van der Waals surface area contributed by atoms with Crippen molar-refractivity contribution < 1.29 is 4.74 Å². The second kappa shape index (κ2) is 4.60. The number of nitrogens with zero attached hydrogens (tertiary/aromatic N) is 1. The number of rotatable bonds is 3. The van der Waals surface area contributed by atoms with Gasteiger partial charge in [0, 0.05) is 32.8 Å². The maximum absolute atomic E-state index is 5.30. The van der Waals surface area contributed by atoms with Gasteiger partial charge in [0.25, 0.3) is 0 Å². The fourth-order valence-corrected chi connectivity index (χ4v) is 2.72. The number of nitrogens with one attached hydrogen (secondary N) is 1. The fraction of sp³-hybridized carbons (Fsp3) is 1.00. The summed E-state index contributed by atoms with van der Waals surface area (Å²) in [4.78, 5) is 2.54. The van der Waals surface area contributed by atoms with Gasteiger partial charge < -0.3 is 10.1 Å². The van der Waals surface area contributed by atoms with Gasteiger partial charge in [0.15, 0.2) is 0 Å². The molecule has 0 amide bonds. The van der Waals surface area contributed by atoms with Crippen molar-refractivity contribution in [2.45, 2.75) is 31.9 Å². The minimum Gasteiger partial charge on any atom is -0.380 e. The fourth-order valence-electron chi connectivity index (χ4n) is 2.72. The van der Waals surface area contributed by atoms with Crippen LogP contribution in [0.4, 0.5) is 0 Å². The number of hydrogen-bond acceptors (Lipinski definition) is 3. The minimum atomic E-state index is 0.371. The summed E-state index contributed by atoms with van der Waals surface area (Å²) in [6.45, 7) is 6.94. The number of hydrogen-bond donors (Lipinski definition) is 1. The third kappa shape index (κ3) is 2.27. The molecule has 2 saturated heterocycles. The molecule has 0 aromatic carbocycles. The first kappa shape index (κ1) is 10.4. The van der Waals surface area contributed by atoms with Crippen molar-refractivity contribution >= 4 is 0 Å². The molecule has 2 aliphatic rings. The smallest absolute Gasteiger partial charge is 0.0670 e. The van der Waals surface area contributed by atoms with Crippen molar-refractivity contribution in [3.8, 4) is 0 Å². The van der Waals surface area contributed by atoms with Gasteiger partial charge in [0.05, 0.1) is 6.10 Å². The van der Waals surface area contributed by atoms with Crippen molar-refractivity contribution in [2.24, 2.45) is 5.92 Å². The Kier molecular flexibility index (Phi) is 3.42. The lowest BCUT2D eigenvalue weighted by Gasteiger charge is -2.24. The van der Waals surface area contributed by atoms with Crippen molar-refractivity contribution in [3.63, 3.8) is 0 Å². The third-order valence-electron chi connectivity index (χ3n) is 3.59. The van der Waals surface area contributed by atoms with E-state index in [0.717, 1.165) is 18.5 Å². The largest absolute Gasteiger partial charge is 0.380 e. The zero-order chi connectivity index (χ0) is 9.97. The first-order chi connectivity index (χ1) is 6.79. The van der Waals surface area contributed by atoms with Crippen LogP contribution in [0.1, 0.15) is 19.8 Å². The lowest BCUT2D eigenvalue weighted by molar-refractivity contribution is 0.0837. The molecule has 0 spiro atoms. The molecule has 2 heterocycles. The van der Waals surface area contributed by atoms with Crippen molar-refractivity contribution in [1.82, 2.24) is 10.2 Å². The normalized spacial score (nSPS) is 35.6. The van der Waals surface area contributed by atoms with Gasteiger partial charge in [0.1, 0.15) is 0 Å². The topological polar surface area (TPSA) is 24.5 Å². The van der Waals surface area contributed by atoms with Crippen LogP contribution in [0.3, 0.4) is 0 Å². The second-order valence-corrected chi connectivity index (χ2v) is 4.73. The predicted molar refractivity (Wildman–Crippen MR) is 57.4 cm³/mol. The van der Waals surface area contributed by atoms with Crippen molar-refractivity contribution in [1.29, 1.82) is 0 Å². The van der Waals surface area contributed by atoms with Crippen LogP contribution < -0.4 is 5.32 Å². The van der Waals surface area contributed by atoms with Gasteiger partial charge in [-0.2, -0.15) is 0 Å². The summed E-state index contributed by atoms with van der Waals surface area (Å²) in [6.07, 6.45) is 3.14. The molecule has 3 heteroatoms. The zero-order valence-corrected chi connectivity index (χ0v) is 9.33. The maximum Gasteiger partial charge on any atom is 0.0670 e. The highest BCUT2D eigenvalue weighted by Gasteiger charge is 2.34. The van der Waals surface area contributed by atoms with Gasteiger partial charge in [-0.3, -0.25) is 4.90 Å². The van der Waals surface area contributed by atoms with Crippen LogP contribution in [0.15, 0.2) is 0 Å². The molecule has 82 valence electrons. The van der Waals surface area contributed by atoms with E-state index >= 15 is 0 Å². The molecule has 2 rings (SSSR count). The van der Waals surface area contributed by atoms with Crippen LogP contribution in [-0.2, 0) is 4.74 Å². The Hall–Kier alpha value is -0.120. The second-order valence-electron chi connectivity index (χ2n) is 4.73. The minimum absolute atomic E-state index is 0.371. The molecular formula is C11H22N2O. The SMILES string of the molecule is COC(C)CN1C[C@@H]2CCCN[C@@H]2C1. The zero-order valence-electron chi connectivity index (χ0n) is 9.33. The highest BCUT2D eigenvalue weighted by Crippen LogP contribution is 2.24. The van der Waals surface area contributed by atoms with Crippen LogP contribution in [0.2, 0.25) is 0 Å². The van der Waals surface area contributed by atoms with Gasteiger partial charge >= 0.3 is 0 Å². The summed E-state index contributed by atoms with van der Waals surface area (Å²) in [5.74, 6) is 0.896. The lowest BCUT2D eigenvalue weighted by atomic mass is 9.94. The van der Waals surface area contributed by atoms with E-state index in [2.05, 4.69) is 17.1 Å². The van der Waals surface area contributed by atoms with Crippen LogP contribution in [0, 0.1) is 5.92 Å². The van der Waals surface area contributed by atoms with Gasteiger partial charge in [-0.25, -0.2) is 0 Å². The van der Waals surface area contributed by atoms with E-state index in [1.807, 2.05) is 0 Å². The van der Waals surface area contributed by atoms with E-state index in [1.54, 1.807) is 7.11 Å². The average Bonchev–Trinajstić information content (AvgIpc) is 2.59. The molecule has 14 heavy (non-hydrogen) atoms. The highest BCUT2D eigenvalue weighted by atomic mass is 16.5. The Balaban J connectivity index is 1.80. The molecule has 0 bridgehead atoms. The molecular weight excluding hydrogens is 176 g/mol. The lowest BCUT2D eigenvalue weighted by Crippen LogP contribution is -2.41. The van der Waals surface area contributed by atoms with E-state index in [4.69, 9.17) is 4.74 Å². The van der Waals surface area contributed by atoms with Crippen LogP contribution >= 0.6 is 0 Å². The molecule has 0 radical (unpaired) electrons. The quantitative estimate of drug-likeness (QED) is 0.722. The summed E-state index contributed by atoms with van der Waals surface area (Å²) >= 11 is 0. The first-order valence-electron chi connectivity index (χ1n) is 5.78. The van der Waals surface area contributed by atoms with E-state index in [1.165, 1.54) is 32.5 Å². The molecule has 1 unspecified atom stereocenters. The summed E-state index contributed by atoms with van der Waals surface area (Å²) in [6, 6.07) is 0.757. The molecule has 0 aromatic rings. The summed E-state index contributed by atoms with van der Waals surface area (Å²) in [7, 11) is 1.80. The van der Waals surface area contributed by atoms with Gasteiger partial charge in [-0.05, 0) is 32.2 Å². The maximum atomic E-state index is 5.30.